The van der Waals surface area contributed by atoms with E-state index >= 15 is 0 Å². The molecular weight excluding hydrogens is 454 g/mol. The van der Waals surface area contributed by atoms with Gasteiger partial charge in [-0.25, -0.2) is 9.78 Å². The van der Waals surface area contributed by atoms with Crippen molar-refractivity contribution < 1.29 is 14.3 Å². The number of carbonyl (C=O) groups is 2. The number of anilines is 2. The second-order valence-electron chi connectivity index (χ2n) is 9.29. The van der Waals surface area contributed by atoms with E-state index in [1.807, 2.05) is 42.0 Å². The SMILES string of the molecule is C=C(C)CC[C@@H](C)Nc1cnc2c(c1)c(NC(C)=O)c(C(=O)OC)n2CCc1c[nH]c2ccccc12. The standard InChI is InChI=1S/C28H33N5O3/c1-17(2)10-11-18(3)31-21-14-23-25(32-19(4)34)26(28(35)36-5)33(27(23)30-16-21)13-12-20-15-29-24-9-7-6-8-22(20)24/h6-9,14-16,18,29,31H,1,10-13H2,2-5H3,(H,32,34)/t18-/m1/s1. The molecule has 8 heteroatoms. The zero-order valence-electron chi connectivity index (χ0n) is 21.3. The number of aromatic nitrogens is 3. The van der Waals surface area contributed by atoms with E-state index in [1.165, 1.54) is 14.0 Å². The van der Waals surface area contributed by atoms with Crippen molar-refractivity contribution in [3.8, 4) is 0 Å². The third-order valence-corrected chi connectivity index (χ3v) is 6.28. The highest BCUT2D eigenvalue weighted by atomic mass is 16.5. The van der Waals surface area contributed by atoms with Gasteiger partial charge in [0.05, 0.1) is 24.7 Å². The molecule has 1 atom stereocenters. The number of carbonyl (C=O) groups excluding carboxylic acids is 2. The number of hydrogen-bond acceptors (Lipinski definition) is 5. The van der Waals surface area contributed by atoms with Gasteiger partial charge in [-0.3, -0.25) is 4.79 Å². The zero-order valence-corrected chi connectivity index (χ0v) is 21.3. The Labute approximate surface area is 210 Å². The molecule has 0 bridgehead atoms. The third-order valence-electron chi connectivity index (χ3n) is 6.28. The van der Waals surface area contributed by atoms with Gasteiger partial charge in [0.25, 0.3) is 0 Å². The average molecular weight is 488 g/mol. The highest BCUT2D eigenvalue weighted by Gasteiger charge is 2.26. The summed E-state index contributed by atoms with van der Waals surface area (Å²) in [6, 6.07) is 10.2. The number of benzene rings is 1. The molecule has 1 amide bonds. The molecule has 0 aliphatic heterocycles. The molecule has 3 aromatic heterocycles. The van der Waals surface area contributed by atoms with Crippen LogP contribution in [0.1, 0.15) is 49.7 Å². The van der Waals surface area contributed by atoms with Crippen molar-refractivity contribution in [3.63, 3.8) is 0 Å². The lowest BCUT2D eigenvalue weighted by atomic mass is 10.1. The number of fused-ring (bicyclic) bond motifs is 2. The lowest BCUT2D eigenvalue weighted by Gasteiger charge is -2.15. The third kappa shape index (κ3) is 5.27. The molecule has 8 nitrogen and oxygen atoms in total. The quantitative estimate of drug-likeness (QED) is 0.198. The number of ether oxygens (including phenoxy) is 1. The van der Waals surface area contributed by atoms with Crippen LogP contribution in [0.5, 0.6) is 0 Å². The van der Waals surface area contributed by atoms with Crippen LogP contribution >= 0.6 is 0 Å². The lowest BCUT2D eigenvalue weighted by molar-refractivity contribution is -0.114. The van der Waals surface area contributed by atoms with Crippen LogP contribution in [-0.2, 0) is 22.5 Å². The molecule has 0 spiro atoms. The number of amides is 1. The number of esters is 1. The maximum atomic E-state index is 12.9. The number of pyridine rings is 1. The minimum absolute atomic E-state index is 0.203. The van der Waals surface area contributed by atoms with E-state index in [4.69, 9.17) is 9.72 Å². The molecule has 0 unspecified atom stereocenters. The van der Waals surface area contributed by atoms with Crippen molar-refractivity contribution in [1.29, 1.82) is 0 Å². The molecule has 4 aromatic rings. The number of aromatic amines is 1. The Balaban J connectivity index is 1.74. The number of nitrogens with one attached hydrogen (secondary N) is 3. The highest BCUT2D eigenvalue weighted by Crippen LogP contribution is 2.33. The van der Waals surface area contributed by atoms with Crippen LogP contribution < -0.4 is 10.6 Å². The Morgan fingerprint density at radius 2 is 2.00 bits per heavy atom. The van der Waals surface area contributed by atoms with Gasteiger partial charge in [-0.2, -0.15) is 0 Å². The molecular formula is C28H33N5O3. The fraction of sp³-hybridized carbons (Fsp3) is 0.321. The van der Waals surface area contributed by atoms with Crippen molar-refractivity contribution in [2.24, 2.45) is 0 Å². The summed E-state index contributed by atoms with van der Waals surface area (Å²) in [7, 11) is 1.34. The topological polar surface area (TPSA) is 101 Å². The van der Waals surface area contributed by atoms with Gasteiger partial charge < -0.3 is 24.9 Å². The maximum absolute atomic E-state index is 12.9. The maximum Gasteiger partial charge on any atom is 0.356 e. The van der Waals surface area contributed by atoms with Crippen LogP contribution in [0.3, 0.4) is 0 Å². The molecule has 36 heavy (non-hydrogen) atoms. The Kier molecular flexibility index (Phi) is 7.43. The number of H-pyrrole nitrogens is 1. The smallest absolute Gasteiger partial charge is 0.356 e. The Hall–Kier alpha value is -4.07. The molecule has 0 saturated carbocycles. The van der Waals surface area contributed by atoms with E-state index in [1.54, 1.807) is 6.20 Å². The molecule has 188 valence electrons. The van der Waals surface area contributed by atoms with Crippen molar-refractivity contribution in [1.82, 2.24) is 14.5 Å². The number of methoxy groups -OCH3 is 1. The fourth-order valence-electron chi connectivity index (χ4n) is 4.52. The van der Waals surface area contributed by atoms with Gasteiger partial charge in [-0.15, -0.1) is 6.58 Å². The van der Waals surface area contributed by atoms with E-state index in [9.17, 15) is 9.59 Å². The van der Waals surface area contributed by atoms with Crippen LogP contribution in [0.25, 0.3) is 21.9 Å². The minimum Gasteiger partial charge on any atom is -0.464 e. The summed E-state index contributed by atoms with van der Waals surface area (Å²) in [6.45, 7) is 10.0. The predicted molar refractivity (Wildman–Crippen MR) is 145 cm³/mol. The molecule has 0 radical (unpaired) electrons. The van der Waals surface area contributed by atoms with Gasteiger partial charge in [0, 0.05) is 42.0 Å². The molecule has 0 aliphatic carbocycles. The normalized spacial score (nSPS) is 12.0. The van der Waals surface area contributed by atoms with Crippen LogP contribution in [0.2, 0.25) is 0 Å². The Morgan fingerprint density at radius 3 is 2.72 bits per heavy atom. The number of aryl methyl sites for hydroxylation is 2. The molecule has 0 saturated heterocycles. The minimum atomic E-state index is -0.528. The van der Waals surface area contributed by atoms with E-state index in [0.717, 1.165) is 40.6 Å². The van der Waals surface area contributed by atoms with Crippen LogP contribution in [0.4, 0.5) is 11.4 Å². The number of rotatable bonds is 10. The summed E-state index contributed by atoms with van der Waals surface area (Å²) in [5, 5.41) is 8.14. The van der Waals surface area contributed by atoms with Gasteiger partial charge in [-0.05, 0) is 50.8 Å². The van der Waals surface area contributed by atoms with Crippen molar-refractivity contribution in [2.75, 3.05) is 17.7 Å². The first-order chi connectivity index (χ1) is 17.3. The van der Waals surface area contributed by atoms with Gasteiger partial charge in [0.1, 0.15) is 5.65 Å². The van der Waals surface area contributed by atoms with Crippen LogP contribution in [0, 0.1) is 0 Å². The highest BCUT2D eigenvalue weighted by molar-refractivity contribution is 6.11. The first-order valence-electron chi connectivity index (χ1n) is 12.1. The van der Waals surface area contributed by atoms with E-state index in [-0.39, 0.29) is 17.6 Å². The van der Waals surface area contributed by atoms with Gasteiger partial charge in [0.2, 0.25) is 5.91 Å². The summed E-state index contributed by atoms with van der Waals surface area (Å²) in [6.07, 6.45) is 6.28. The second-order valence-corrected chi connectivity index (χ2v) is 9.29. The largest absolute Gasteiger partial charge is 0.464 e. The Morgan fingerprint density at radius 1 is 1.22 bits per heavy atom. The van der Waals surface area contributed by atoms with Crippen LogP contribution in [-0.4, -0.2) is 39.6 Å². The van der Waals surface area contributed by atoms with Crippen molar-refractivity contribution in [3.05, 3.63) is 66.1 Å². The van der Waals surface area contributed by atoms with Crippen molar-refractivity contribution >= 4 is 45.2 Å². The number of hydrogen-bond donors (Lipinski definition) is 3. The summed E-state index contributed by atoms with van der Waals surface area (Å²) >= 11 is 0. The Bertz CT molecular complexity index is 1430. The number of para-hydroxylation sites is 1. The molecule has 3 N–H and O–H groups in total. The van der Waals surface area contributed by atoms with Crippen molar-refractivity contribution in [2.45, 2.75) is 52.6 Å². The predicted octanol–water partition coefficient (Wildman–Crippen LogP) is 5.66. The number of nitrogens with zero attached hydrogens (tertiary/aromatic N) is 2. The first kappa shape index (κ1) is 25.0. The number of allylic oxidation sites excluding steroid dienone is 1. The van der Waals surface area contributed by atoms with Gasteiger partial charge in [-0.1, -0.05) is 23.8 Å². The molecule has 4 rings (SSSR count). The monoisotopic (exact) mass is 487 g/mol. The van der Waals surface area contributed by atoms with E-state index < -0.39 is 5.97 Å². The fourth-order valence-corrected chi connectivity index (χ4v) is 4.52. The van der Waals surface area contributed by atoms with E-state index in [0.29, 0.717) is 29.7 Å². The summed E-state index contributed by atoms with van der Waals surface area (Å²) in [4.78, 5) is 33.1. The molecule has 3 heterocycles. The summed E-state index contributed by atoms with van der Waals surface area (Å²) in [5.41, 5.74) is 5.45. The average Bonchev–Trinajstić information content (AvgIpc) is 3.39. The second kappa shape index (κ2) is 10.7. The summed E-state index contributed by atoms with van der Waals surface area (Å²) in [5.74, 6) is -0.802. The lowest BCUT2D eigenvalue weighted by Crippen LogP contribution is -2.16. The first-order valence-corrected chi connectivity index (χ1v) is 12.1. The molecule has 0 fully saturated rings. The van der Waals surface area contributed by atoms with E-state index in [2.05, 4.69) is 35.2 Å². The van der Waals surface area contributed by atoms with Gasteiger partial charge >= 0.3 is 5.97 Å². The summed E-state index contributed by atoms with van der Waals surface area (Å²) < 4.78 is 6.95. The zero-order chi connectivity index (χ0) is 25.8. The van der Waals surface area contributed by atoms with Crippen LogP contribution in [0.15, 0.2) is 54.9 Å². The molecule has 0 aliphatic rings. The van der Waals surface area contributed by atoms with Gasteiger partial charge in [0.15, 0.2) is 5.69 Å². The molecule has 1 aromatic carbocycles.